The van der Waals surface area contributed by atoms with E-state index in [-0.39, 0.29) is 5.75 Å². The summed E-state index contributed by atoms with van der Waals surface area (Å²) in [5.74, 6) is 0.435. The molecule has 2 aromatic rings. The number of fused-ring (bicyclic) bond motifs is 1. The van der Waals surface area contributed by atoms with E-state index in [4.69, 9.17) is 5.11 Å². The van der Waals surface area contributed by atoms with Crippen molar-refractivity contribution in [2.45, 2.75) is 18.8 Å². The molecule has 3 rings (SSSR count). The maximum Gasteiger partial charge on any atom is 0.432 e. The largest absolute Gasteiger partial charge is 0.508 e. The molecule has 0 amide bonds. The summed E-state index contributed by atoms with van der Waals surface area (Å²) in [6.07, 6.45) is 1.00. The summed E-state index contributed by atoms with van der Waals surface area (Å²) in [7, 11) is 0. The van der Waals surface area contributed by atoms with Gasteiger partial charge in [0.15, 0.2) is 0 Å². The van der Waals surface area contributed by atoms with Crippen molar-refractivity contribution in [1.82, 2.24) is 9.78 Å². The molecule has 5 heteroatoms. The number of aromatic hydroxyl groups is 1. The lowest BCUT2D eigenvalue weighted by molar-refractivity contribution is 0.194. The highest BCUT2D eigenvalue weighted by Gasteiger charge is 2.30. The predicted octanol–water partition coefficient (Wildman–Crippen LogP) is 2.15. The Morgan fingerprint density at radius 3 is 2.81 bits per heavy atom. The van der Waals surface area contributed by atoms with Crippen molar-refractivity contribution in [2.75, 3.05) is 0 Å². The molecule has 0 spiro atoms. The van der Waals surface area contributed by atoms with Crippen LogP contribution in [0.4, 0.5) is 4.79 Å². The van der Waals surface area contributed by atoms with Crippen LogP contribution in [-0.4, -0.2) is 26.1 Å². The second-order valence-corrected chi connectivity index (χ2v) is 4.06. The third-order valence-electron chi connectivity index (χ3n) is 2.84. The average Bonchev–Trinajstić information content (AvgIpc) is 2.99. The van der Waals surface area contributed by atoms with E-state index < -0.39 is 6.09 Å². The van der Waals surface area contributed by atoms with Crippen molar-refractivity contribution in [3.63, 3.8) is 0 Å². The van der Waals surface area contributed by atoms with Gasteiger partial charge in [-0.1, -0.05) is 0 Å². The Kier molecular flexibility index (Phi) is 1.71. The van der Waals surface area contributed by atoms with Crippen LogP contribution in [0.3, 0.4) is 0 Å². The lowest BCUT2D eigenvalue weighted by Gasteiger charge is -1.95. The molecule has 1 fully saturated rings. The molecule has 0 bridgehead atoms. The smallest absolute Gasteiger partial charge is 0.432 e. The van der Waals surface area contributed by atoms with Crippen molar-refractivity contribution >= 4 is 17.0 Å². The molecule has 0 atom stereocenters. The van der Waals surface area contributed by atoms with Crippen LogP contribution in [0.15, 0.2) is 18.2 Å². The number of hydrogen-bond acceptors (Lipinski definition) is 3. The van der Waals surface area contributed by atoms with Crippen LogP contribution in [0.5, 0.6) is 5.75 Å². The number of carboxylic acid groups (broad SMARTS) is 1. The summed E-state index contributed by atoms with van der Waals surface area (Å²) in [6, 6.07) is 4.72. The molecule has 5 nitrogen and oxygen atoms in total. The minimum atomic E-state index is -1.12. The number of phenols is 1. The quantitative estimate of drug-likeness (QED) is 0.768. The Bertz CT molecular complexity index is 584. The third kappa shape index (κ3) is 1.25. The van der Waals surface area contributed by atoms with Crippen molar-refractivity contribution in [3.8, 4) is 5.75 Å². The Labute approximate surface area is 90.9 Å². The minimum absolute atomic E-state index is 0.0530. The predicted molar refractivity (Wildman–Crippen MR) is 56.8 cm³/mol. The van der Waals surface area contributed by atoms with Gasteiger partial charge >= 0.3 is 6.09 Å². The third-order valence-corrected chi connectivity index (χ3v) is 2.84. The number of aromatic nitrogens is 2. The molecule has 1 aromatic heterocycles. The maximum absolute atomic E-state index is 11.0. The van der Waals surface area contributed by atoms with Gasteiger partial charge in [-0.05, 0) is 25.0 Å². The molecular weight excluding hydrogens is 208 g/mol. The molecule has 1 aliphatic rings. The fourth-order valence-electron chi connectivity index (χ4n) is 1.93. The topological polar surface area (TPSA) is 75.3 Å². The van der Waals surface area contributed by atoms with Crippen LogP contribution >= 0.6 is 0 Å². The fraction of sp³-hybridized carbons (Fsp3) is 0.273. The van der Waals surface area contributed by atoms with Gasteiger partial charge in [-0.25, -0.2) is 4.79 Å². The number of benzene rings is 1. The van der Waals surface area contributed by atoms with E-state index in [1.54, 1.807) is 12.1 Å². The minimum Gasteiger partial charge on any atom is -0.508 e. The molecule has 1 heterocycles. The second kappa shape index (κ2) is 2.98. The Hall–Kier alpha value is -2.04. The first kappa shape index (κ1) is 9.21. The van der Waals surface area contributed by atoms with Gasteiger partial charge in [0, 0.05) is 17.4 Å². The number of carbonyl (C=O) groups is 1. The summed E-state index contributed by atoms with van der Waals surface area (Å²) in [6.45, 7) is 0. The molecule has 0 unspecified atom stereocenters. The second-order valence-electron chi connectivity index (χ2n) is 4.06. The van der Waals surface area contributed by atoms with E-state index in [1.165, 1.54) is 6.07 Å². The number of rotatable bonds is 1. The van der Waals surface area contributed by atoms with Gasteiger partial charge in [0.2, 0.25) is 0 Å². The van der Waals surface area contributed by atoms with Gasteiger partial charge in [-0.15, -0.1) is 0 Å². The Morgan fingerprint density at radius 1 is 1.44 bits per heavy atom. The summed E-state index contributed by atoms with van der Waals surface area (Å²) in [5, 5.41) is 23.3. The highest BCUT2D eigenvalue weighted by molar-refractivity contribution is 5.90. The van der Waals surface area contributed by atoms with Crippen LogP contribution in [0.1, 0.15) is 24.5 Å². The van der Waals surface area contributed by atoms with E-state index in [2.05, 4.69) is 5.10 Å². The molecule has 16 heavy (non-hydrogen) atoms. The first-order valence-corrected chi connectivity index (χ1v) is 5.12. The van der Waals surface area contributed by atoms with E-state index in [0.29, 0.717) is 11.4 Å². The average molecular weight is 218 g/mol. The summed E-state index contributed by atoms with van der Waals surface area (Å²) >= 11 is 0. The number of nitrogens with zero attached hydrogens (tertiary/aromatic N) is 2. The monoisotopic (exact) mass is 218 g/mol. The Morgan fingerprint density at radius 2 is 2.19 bits per heavy atom. The van der Waals surface area contributed by atoms with Crippen LogP contribution in [0, 0.1) is 0 Å². The molecule has 82 valence electrons. The molecule has 1 saturated carbocycles. The standard InChI is InChI=1S/C11H10N2O3/c14-7-3-4-8-9(5-7)13(11(15)16)12-10(8)6-1-2-6/h3-6,14H,1-2H2,(H,15,16). The SMILES string of the molecule is O=C(O)n1nc(C2CC2)c2ccc(O)cc21. The van der Waals surface area contributed by atoms with Gasteiger partial charge < -0.3 is 10.2 Å². The molecular formula is C11H10N2O3. The number of hydrogen-bond donors (Lipinski definition) is 2. The fourth-order valence-corrected chi connectivity index (χ4v) is 1.93. The zero-order valence-electron chi connectivity index (χ0n) is 8.42. The first-order valence-electron chi connectivity index (χ1n) is 5.12. The first-order chi connectivity index (χ1) is 7.66. The molecule has 1 aromatic carbocycles. The normalized spacial score (nSPS) is 15.5. The molecule has 2 N–H and O–H groups in total. The van der Waals surface area contributed by atoms with Gasteiger partial charge in [0.05, 0.1) is 11.2 Å². The van der Waals surface area contributed by atoms with Crippen LogP contribution in [0.25, 0.3) is 10.9 Å². The zero-order chi connectivity index (χ0) is 11.3. The lowest BCUT2D eigenvalue weighted by atomic mass is 10.1. The maximum atomic E-state index is 11.0. The van der Waals surface area contributed by atoms with Gasteiger partial charge in [0.1, 0.15) is 5.75 Å². The van der Waals surface area contributed by atoms with E-state index in [1.807, 2.05) is 0 Å². The number of phenolic OH excluding ortho intramolecular Hbond substituents is 1. The van der Waals surface area contributed by atoms with Crippen LogP contribution in [-0.2, 0) is 0 Å². The highest BCUT2D eigenvalue weighted by atomic mass is 16.4. The van der Waals surface area contributed by atoms with E-state index in [9.17, 15) is 9.90 Å². The van der Waals surface area contributed by atoms with Gasteiger partial charge in [-0.2, -0.15) is 9.78 Å². The van der Waals surface area contributed by atoms with Crippen molar-refractivity contribution in [2.24, 2.45) is 0 Å². The van der Waals surface area contributed by atoms with Gasteiger partial charge in [-0.3, -0.25) is 0 Å². The molecule has 0 saturated heterocycles. The zero-order valence-corrected chi connectivity index (χ0v) is 8.42. The highest BCUT2D eigenvalue weighted by Crippen LogP contribution is 2.42. The van der Waals surface area contributed by atoms with E-state index in [0.717, 1.165) is 28.6 Å². The summed E-state index contributed by atoms with van der Waals surface area (Å²) in [5.41, 5.74) is 1.28. The van der Waals surface area contributed by atoms with Crippen molar-refractivity contribution in [3.05, 3.63) is 23.9 Å². The van der Waals surface area contributed by atoms with Crippen LogP contribution < -0.4 is 0 Å². The van der Waals surface area contributed by atoms with Gasteiger partial charge in [0.25, 0.3) is 0 Å². The molecule has 0 aliphatic heterocycles. The van der Waals surface area contributed by atoms with Crippen LogP contribution in [0.2, 0.25) is 0 Å². The molecule has 0 radical (unpaired) electrons. The van der Waals surface area contributed by atoms with Crippen molar-refractivity contribution in [1.29, 1.82) is 0 Å². The summed E-state index contributed by atoms with van der Waals surface area (Å²) < 4.78 is 0.933. The van der Waals surface area contributed by atoms with E-state index >= 15 is 0 Å². The van der Waals surface area contributed by atoms with Crippen molar-refractivity contribution < 1.29 is 15.0 Å². The Balaban J connectivity index is 2.32. The summed E-state index contributed by atoms with van der Waals surface area (Å²) in [4.78, 5) is 11.0. The lowest BCUT2D eigenvalue weighted by Crippen LogP contribution is -2.09. The molecule has 1 aliphatic carbocycles.